The van der Waals surface area contributed by atoms with E-state index >= 15 is 0 Å². The molecule has 0 bridgehead atoms. The number of hydrogen-bond acceptors (Lipinski definition) is 4. The molecule has 2 saturated heterocycles. The minimum Gasteiger partial charge on any atom is -0.376 e. The highest BCUT2D eigenvalue weighted by Gasteiger charge is 2.33. The van der Waals surface area contributed by atoms with E-state index in [4.69, 9.17) is 27.9 Å². The number of carbonyl (C=O) groups is 1. The average molecular weight is 435 g/mol. The zero-order chi connectivity index (χ0) is 19.4. The van der Waals surface area contributed by atoms with Gasteiger partial charge >= 0.3 is 0 Å². The van der Waals surface area contributed by atoms with Gasteiger partial charge in [0.05, 0.1) is 17.8 Å². The van der Waals surface area contributed by atoms with Gasteiger partial charge in [-0.15, -0.1) is 0 Å². The van der Waals surface area contributed by atoms with Gasteiger partial charge in [-0.1, -0.05) is 29.3 Å². The Balaban J connectivity index is 1.61. The van der Waals surface area contributed by atoms with E-state index in [1.54, 1.807) is 18.2 Å². The second kappa shape index (κ2) is 9.09. The molecule has 2 heterocycles. The summed E-state index contributed by atoms with van der Waals surface area (Å²) in [5, 5.41) is 3.56. The number of nitrogens with one attached hydrogen (secondary N) is 1. The van der Waals surface area contributed by atoms with E-state index in [9.17, 15) is 13.2 Å². The summed E-state index contributed by atoms with van der Waals surface area (Å²) in [6.45, 7) is 1.81. The number of sulfonamides is 1. The third kappa shape index (κ3) is 5.35. The molecular weight excluding hydrogens is 411 g/mol. The summed E-state index contributed by atoms with van der Waals surface area (Å²) in [6, 6.07) is 4.92. The van der Waals surface area contributed by atoms with E-state index < -0.39 is 10.0 Å². The Labute approximate surface area is 170 Å². The largest absolute Gasteiger partial charge is 0.376 e. The molecule has 3 rings (SSSR count). The van der Waals surface area contributed by atoms with Crippen LogP contribution in [0.25, 0.3) is 0 Å². The van der Waals surface area contributed by atoms with Gasteiger partial charge in [0.1, 0.15) is 0 Å². The number of halogens is 2. The molecule has 1 N–H and O–H groups in total. The van der Waals surface area contributed by atoms with Gasteiger partial charge in [-0.3, -0.25) is 4.79 Å². The maximum absolute atomic E-state index is 12.9. The molecule has 6 nitrogen and oxygen atoms in total. The van der Waals surface area contributed by atoms with Crippen molar-refractivity contribution in [1.29, 1.82) is 0 Å². The second-order valence-electron chi connectivity index (χ2n) is 7.03. The summed E-state index contributed by atoms with van der Waals surface area (Å²) in [5.41, 5.74) is 0.394. The fourth-order valence-electron chi connectivity index (χ4n) is 3.52. The summed E-state index contributed by atoms with van der Waals surface area (Å²) in [7, 11) is -3.62. The zero-order valence-electron chi connectivity index (χ0n) is 15.0. The standard InChI is InChI=1S/C18H24Cl2N2O4S/c19-16-6-1-7-17(20)15(16)12-27(24,25)22-8-2-4-13(11-22)18(23)21-10-14-5-3-9-26-14/h1,6-7,13-14H,2-5,8-12H2,(H,21,23)/t13-,14+/m1/s1. The number of nitrogens with zero attached hydrogens (tertiary/aromatic N) is 1. The normalized spacial score (nSPS) is 24.1. The summed E-state index contributed by atoms with van der Waals surface area (Å²) in [6.07, 6.45) is 3.36. The van der Waals surface area contributed by atoms with Crippen LogP contribution in [0.4, 0.5) is 0 Å². The van der Waals surface area contributed by atoms with Crippen LogP contribution in [0, 0.1) is 5.92 Å². The second-order valence-corrected chi connectivity index (χ2v) is 9.82. The van der Waals surface area contributed by atoms with Crippen molar-refractivity contribution in [2.45, 2.75) is 37.5 Å². The molecule has 1 aromatic rings. The van der Waals surface area contributed by atoms with E-state index in [2.05, 4.69) is 5.32 Å². The highest BCUT2D eigenvalue weighted by Crippen LogP contribution is 2.29. The molecule has 1 aromatic carbocycles. The molecule has 2 atom stereocenters. The molecule has 27 heavy (non-hydrogen) atoms. The van der Waals surface area contributed by atoms with Crippen molar-refractivity contribution >= 4 is 39.1 Å². The number of rotatable bonds is 6. The molecule has 0 aliphatic carbocycles. The average Bonchev–Trinajstić information content (AvgIpc) is 3.17. The first-order valence-electron chi connectivity index (χ1n) is 9.17. The van der Waals surface area contributed by atoms with Crippen molar-refractivity contribution in [1.82, 2.24) is 9.62 Å². The summed E-state index contributed by atoms with van der Waals surface area (Å²) >= 11 is 12.2. The first kappa shape index (κ1) is 20.9. The van der Waals surface area contributed by atoms with Crippen LogP contribution in [0.2, 0.25) is 10.0 Å². The van der Waals surface area contributed by atoms with Gasteiger partial charge in [-0.25, -0.2) is 12.7 Å². The van der Waals surface area contributed by atoms with Crippen LogP contribution in [0.5, 0.6) is 0 Å². The van der Waals surface area contributed by atoms with Crippen molar-refractivity contribution in [3.05, 3.63) is 33.8 Å². The highest BCUT2D eigenvalue weighted by molar-refractivity contribution is 7.88. The minimum atomic E-state index is -3.62. The van der Waals surface area contributed by atoms with E-state index in [-0.39, 0.29) is 30.2 Å². The van der Waals surface area contributed by atoms with Gasteiger partial charge in [0.2, 0.25) is 15.9 Å². The Morgan fingerprint density at radius 3 is 2.63 bits per heavy atom. The van der Waals surface area contributed by atoms with Crippen molar-refractivity contribution in [3.63, 3.8) is 0 Å². The third-order valence-electron chi connectivity index (χ3n) is 5.06. The van der Waals surface area contributed by atoms with E-state index in [1.807, 2.05) is 0 Å². The molecule has 9 heteroatoms. The van der Waals surface area contributed by atoms with E-state index in [0.717, 1.165) is 19.4 Å². The lowest BCUT2D eigenvalue weighted by Gasteiger charge is -2.31. The molecule has 2 fully saturated rings. The lowest BCUT2D eigenvalue weighted by atomic mass is 9.99. The molecule has 0 aromatic heterocycles. The molecule has 0 radical (unpaired) electrons. The lowest BCUT2D eigenvalue weighted by molar-refractivity contribution is -0.126. The van der Waals surface area contributed by atoms with E-state index in [0.29, 0.717) is 41.5 Å². The fraction of sp³-hybridized carbons (Fsp3) is 0.611. The molecule has 150 valence electrons. The van der Waals surface area contributed by atoms with Gasteiger partial charge in [-0.2, -0.15) is 0 Å². The van der Waals surface area contributed by atoms with Crippen molar-refractivity contribution in [3.8, 4) is 0 Å². The predicted octanol–water partition coefficient (Wildman–Crippen LogP) is 2.83. The minimum absolute atomic E-state index is 0.0692. The summed E-state index contributed by atoms with van der Waals surface area (Å²) in [5.74, 6) is -0.728. The smallest absolute Gasteiger partial charge is 0.224 e. The van der Waals surface area contributed by atoms with Crippen LogP contribution in [0.3, 0.4) is 0 Å². The number of amides is 1. The number of carbonyl (C=O) groups excluding carboxylic acids is 1. The predicted molar refractivity (Wildman–Crippen MR) is 105 cm³/mol. The quantitative estimate of drug-likeness (QED) is 0.746. The SMILES string of the molecule is O=C(NC[C@@H]1CCCO1)[C@@H]1CCCN(S(=O)(=O)Cc2c(Cl)cccc2Cl)C1. The van der Waals surface area contributed by atoms with Crippen molar-refractivity contribution in [2.24, 2.45) is 5.92 Å². The molecule has 0 saturated carbocycles. The van der Waals surface area contributed by atoms with Gasteiger partial charge in [0, 0.05) is 41.8 Å². The van der Waals surface area contributed by atoms with Crippen LogP contribution in [0.1, 0.15) is 31.2 Å². The number of benzene rings is 1. The van der Waals surface area contributed by atoms with Crippen LogP contribution in [-0.4, -0.2) is 51.0 Å². The maximum atomic E-state index is 12.9. The van der Waals surface area contributed by atoms with Crippen LogP contribution >= 0.6 is 23.2 Å². The van der Waals surface area contributed by atoms with Crippen molar-refractivity contribution in [2.75, 3.05) is 26.2 Å². The highest BCUT2D eigenvalue weighted by atomic mass is 35.5. The molecule has 2 aliphatic heterocycles. The van der Waals surface area contributed by atoms with Crippen molar-refractivity contribution < 1.29 is 17.9 Å². The Hall–Kier alpha value is -0.860. The molecule has 2 aliphatic rings. The van der Waals surface area contributed by atoms with Crippen LogP contribution < -0.4 is 5.32 Å². The lowest BCUT2D eigenvalue weighted by Crippen LogP contribution is -2.46. The molecule has 1 amide bonds. The zero-order valence-corrected chi connectivity index (χ0v) is 17.3. The Morgan fingerprint density at radius 2 is 1.96 bits per heavy atom. The third-order valence-corrected chi connectivity index (χ3v) is 7.54. The van der Waals surface area contributed by atoms with Crippen LogP contribution in [0.15, 0.2) is 18.2 Å². The van der Waals surface area contributed by atoms with Gasteiger partial charge < -0.3 is 10.1 Å². The van der Waals surface area contributed by atoms with Crippen LogP contribution in [-0.2, 0) is 25.3 Å². The first-order valence-corrected chi connectivity index (χ1v) is 11.5. The fourth-order valence-corrected chi connectivity index (χ4v) is 5.88. The maximum Gasteiger partial charge on any atom is 0.224 e. The Bertz CT molecular complexity index is 761. The van der Waals surface area contributed by atoms with Gasteiger partial charge in [0.25, 0.3) is 0 Å². The first-order chi connectivity index (χ1) is 12.9. The number of ether oxygens (including phenoxy) is 1. The molecule has 0 spiro atoms. The number of piperidine rings is 1. The molecule has 0 unspecified atom stereocenters. The topological polar surface area (TPSA) is 75.7 Å². The Kier molecular flexibility index (Phi) is 7.03. The summed E-state index contributed by atoms with van der Waals surface area (Å²) in [4.78, 5) is 12.5. The monoisotopic (exact) mass is 434 g/mol. The number of hydrogen-bond donors (Lipinski definition) is 1. The van der Waals surface area contributed by atoms with Gasteiger partial charge in [-0.05, 0) is 37.8 Å². The molecular formula is C18H24Cl2N2O4S. The van der Waals surface area contributed by atoms with Gasteiger partial charge in [0.15, 0.2) is 0 Å². The summed E-state index contributed by atoms with van der Waals surface area (Å²) < 4.78 is 32.6. The van der Waals surface area contributed by atoms with E-state index in [1.165, 1.54) is 4.31 Å². The Morgan fingerprint density at radius 1 is 1.22 bits per heavy atom.